The van der Waals surface area contributed by atoms with Crippen molar-refractivity contribution in [2.24, 2.45) is 0 Å². The Morgan fingerprint density at radius 3 is 1.76 bits per heavy atom. The quantitative estimate of drug-likeness (QED) is 0.179. The number of esters is 1. The van der Waals surface area contributed by atoms with E-state index in [9.17, 15) is 9.59 Å². The number of ether oxygens (including phenoxy) is 1. The highest BCUT2D eigenvalue weighted by molar-refractivity contribution is 5.94. The minimum atomic E-state index is -0.0804. The number of rotatable bonds is 18. The van der Waals surface area contributed by atoms with Gasteiger partial charge >= 0.3 is 5.97 Å². The molecule has 5 heteroatoms. The number of amides is 1. The molecule has 2 rings (SSSR count). The van der Waals surface area contributed by atoms with E-state index in [1.54, 1.807) is 0 Å². The summed E-state index contributed by atoms with van der Waals surface area (Å²) in [6.07, 6.45) is 20.7. The van der Waals surface area contributed by atoms with Gasteiger partial charge in [-0.3, -0.25) is 9.59 Å². The van der Waals surface area contributed by atoms with E-state index in [4.69, 9.17) is 0 Å². The molecular formula is C29H48N2O3. The number of nitrogens with zero attached hydrogens (tertiary/aromatic N) is 1. The molecule has 0 unspecified atom stereocenters. The Hall–Kier alpha value is -2.04. The van der Waals surface area contributed by atoms with E-state index in [1.165, 1.54) is 84.2 Å². The van der Waals surface area contributed by atoms with Crippen LogP contribution in [0.5, 0.6) is 0 Å². The lowest BCUT2D eigenvalue weighted by Gasteiger charge is -2.26. The summed E-state index contributed by atoms with van der Waals surface area (Å²) >= 11 is 0. The molecule has 1 heterocycles. The molecule has 1 saturated heterocycles. The van der Waals surface area contributed by atoms with Gasteiger partial charge in [-0.1, -0.05) is 70.6 Å². The van der Waals surface area contributed by atoms with Gasteiger partial charge in [-0.2, -0.15) is 0 Å². The first kappa shape index (κ1) is 28.2. The lowest BCUT2D eigenvalue weighted by atomic mass is 10.0. The van der Waals surface area contributed by atoms with E-state index in [0.29, 0.717) is 6.42 Å². The van der Waals surface area contributed by atoms with Crippen molar-refractivity contribution in [1.82, 2.24) is 4.90 Å². The SMILES string of the molecule is COC(=O)CCCCCCCCCCCCCCCNc1ccc(C(=O)N2CCCCC2)cc1. The first-order valence-corrected chi connectivity index (χ1v) is 13.9. The molecule has 0 aromatic heterocycles. The molecule has 1 amide bonds. The molecule has 0 spiro atoms. The maximum Gasteiger partial charge on any atom is 0.305 e. The van der Waals surface area contributed by atoms with Crippen LogP contribution >= 0.6 is 0 Å². The Kier molecular flexibility index (Phi) is 15.2. The number of anilines is 1. The van der Waals surface area contributed by atoms with Crippen molar-refractivity contribution < 1.29 is 14.3 Å². The predicted molar refractivity (Wildman–Crippen MR) is 141 cm³/mol. The van der Waals surface area contributed by atoms with Gasteiger partial charge in [0.25, 0.3) is 5.91 Å². The number of hydrogen-bond donors (Lipinski definition) is 1. The number of likely N-dealkylation sites (tertiary alicyclic amines) is 1. The van der Waals surface area contributed by atoms with Crippen LogP contribution in [0.25, 0.3) is 0 Å². The summed E-state index contributed by atoms with van der Waals surface area (Å²) in [5.74, 6) is 0.0990. The van der Waals surface area contributed by atoms with Gasteiger partial charge in [0, 0.05) is 37.3 Å². The zero-order chi connectivity index (χ0) is 24.3. The third-order valence-corrected chi connectivity index (χ3v) is 6.89. The molecule has 0 atom stereocenters. The van der Waals surface area contributed by atoms with Gasteiger partial charge in [-0.05, 0) is 56.4 Å². The highest BCUT2D eigenvalue weighted by atomic mass is 16.5. The second kappa shape index (κ2) is 18.3. The summed E-state index contributed by atoms with van der Waals surface area (Å²) < 4.78 is 4.66. The molecule has 192 valence electrons. The molecule has 5 nitrogen and oxygen atoms in total. The van der Waals surface area contributed by atoms with Crippen molar-refractivity contribution in [3.63, 3.8) is 0 Å². The molecule has 34 heavy (non-hydrogen) atoms. The number of hydrogen-bond acceptors (Lipinski definition) is 4. The third kappa shape index (κ3) is 12.4. The molecule has 1 fully saturated rings. The minimum Gasteiger partial charge on any atom is -0.469 e. The molecule has 1 aromatic rings. The maximum absolute atomic E-state index is 12.5. The van der Waals surface area contributed by atoms with Gasteiger partial charge in [-0.15, -0.1) is 0 Å². The molecule has 0 saturated carbocycles. The second-order valence-corrected chi connectivity index (χ2v) is 9.78. The normalized spacial score (nSPS) is 13.6. The first-order valence-electron chi connectivity index (χ1n) is 13.9. The highest BCUT2D eigenvalue weighted by Crippen LogP contribution is 2.16. The van der Waals surface area contributed by atoms with Crippen LogP contribution in [0, 0.1) is 0 Å². The standard InChI is InChI=1S/C29H48N2O3/c1-34-28(32)18-14-11-9-7-5-3-2-4-6-8-10-12-15-23-30-27-21-19-26(20-22-27)29(33)31-24-16-13-17-25-31/h19-22,30H,2-18,23-25H2,1H3. The number of piperidine rings is 1. The van der Waals surface area contributed by atoms with E-state index < -0.39 is 0 Å². The van der Waals surface area contributed by atoms with Crippen molar-refractivity contribution in [3.8, 4) is 0 Å². The summed E-state index contributed by atoms with van der Waals surface area (Å²) in [6.45, 7) is 2.80. The molecule has 1 aliphatic rings. The van der Waals surface area contributed by atoms with E-state index in [-0.39, 0.29) is 11.9 Å². The molecule has 1 aromatic carbocycles. The van der Waals surface area contributed by atoms with E-state index in [1.807, 2.05) is 29.2 Å². The lowest BCUT2D eigenvalue weighted by Crippen LogP contribution is -2.35. The fraction of sp³-hybridized carbons (Fsp3) is 0.724. The van der Waals surface area contributed by atoms with Crippen LogP contribution in [0.1, 0.15) is 120 Å². The van der Waals surface area contributed by atoms with Gasteiger partial charge in [0.2, 0.25) is 0 Å². The fourth-order valence-corrected chi connectivity index (χ4v) is 4.68. The van der Waals surface area contributed by atoms with Crippen LogP contribution in [-0.2, 0) is 9.53 Å². The number of methoxy groups -OCH3 is 1. The first-order chi connectivity index (χ1) is 16.7. The van der Waals surface area contributed by atoms with Crippen LogP contribution in [0.15, 0.2) is 24.3 Å². The van der Waals surface area contributed by atoms with Gasteiger partial charge in [0.05, 0.1) is 7.11 Å². The van der Waals surface area contributed by atoms with E-state index >= 15 is 0 Å². The van der Waals surface area contributed by atoms with E-state index in [0.717, 1.165) is 56.6 Å². The second-order valence-electron chi connectivity index (χ2n) is 9.78. The Balaban J connectivity index is 1.36. The molecule has 1 aliphatic heterocycles. The van der Waals surface area contributed by atoms with Crippen molar-refractivity contribution in [2.75, 3.05) is 32.1 Å². The molecule has 0 aliphatic carbocycles. The van der Waals surface area contributed by atoms with Crippen molar-refractivity contribution >= 4 is 17.6 Å². The molecule has 1 N–H and O–H groups in total. The van der Waals surface area contributed by atoms with Crippen LogP contribution in [0.4, 0.5) is 5.69 Å². The van der Waals surface area contributed by atoms with Gasteiger partial charge in [0.15, 0.2) is 0 Å². The number of carbonyl (C=O) groups excluding carboxylic acids is 2. The zero-order valence-corrected chi connectivity index (χ0v) is 21.6. The zero-order valence-electron chi connectivity index (χ0n) is 21.6. The monoisotopic (exact) mass is 472 g/mol. The Bertz CT molecular complexity index is 668. The Labute approximate surface area is 208 Å². The van der Waals surface area contributed by atoms with Crippen LogP contribution in [0.3, 0.4) is 0 Å². The topological polar surface area (TPSA) is 58.6 Å². The number of nitrogens with one attached hydrogen (secondary N) is 1. The van der Waals surface area contributed by atoms with Crippen molar-refractivity contribution in [2.45, 2.75) is 109 Å². The van der Waals surface area contributed by atoms with Crippen LogP contribution in [0.2, 0.25) is 0 Å². The lowest BCUT2D eigenvalue weighted by molar-refractivity contribution is -0.140. The van der Waals surface area contributed by atoms with Crippen LogP contribution in [-0.4, -0.2) is 43.5 Å². The summed E-state index contributed by atoms with van der Waals surface area (Å²) in [5, 5.41) is 3.49. The van der Waals surface area contributed by atoms with Crippen molar-refractivity contribution in [3.05, 3.63) is 29.8 Å². The maximum atomic E-state index is 12.5. The fourth-order valence-electron chi connectivity index (χ4n) is 4.68. The van der Waals surface area contributed by atoms with E-state index in [2.05, 4.69) is 10.1 Å². The minimum absolute atomic E-state index is 0.0804. The molecule has 0 radical (unpaired) electrons. The summed E-state index contributed by atoms with van der Waals surface area (Å²) in [5.41, 5.74) is 1.92. The predicted octanol–water partition coefficient (Wildman–Crippen LogP) is 7.36. The average Bonchev–Trinajstić information content (AvgIpc) is 2.88. The summed E-state index contributed by atoms with van der Waals surface area (Å²) in [4.78, 5) is 25.6. The van der Waals surface area contributed by atoms with Crippen molar-refractivity contribution in [1.29, 1.82) is 0 Å². The van der Waals surface area contributed by atoms with Crippen LogP contribution < -0.4 is 5.32 Å². The Morgan fingerprint density at radius 2 is 1.24 bits per heavy atom. The van der Waals surface area contributed by atoms with Gasteiger partial charge < -0.3 is 15.0 Å². The number of carbonyl (C=O) groups is 2. The Morgan fingerprint density at radius 1 is 0.735 bits per heavy atom. The number of benzene rings is 1. The largest absolute Gasteiger partial charge is 0.469 e. The third-order valence-electron chi connectivity index (χ3n) is 6.89. The highest BCUT2D eigenvalue weighted by Gasteiger charge is 2.17. The molecule has 0 bridgehead atoms. The van der Waals surface area contributed by atoms with Gasteiger partial charge in [-0.25, -0.2) is 0 Å². The summed E-state index contributed by atoms with van der Waals surface area (Å²) in [6, 6.07) is 8.01. The van der Waals surface area contributed by atoms with Gasteiger partial charge in [0.1, 0.15) is 0 Å². The molecular weight excluding hydrogens is 424 g/mol. The number of unbranched alkanes of at least 4 members (excludes halogenated alkanes) is 12. The summed E-state index contributed by atoms with van der Waals surface area (Å²) in [7, 11) is 1.46. The smallest absolute Gasteiger partial charge is 0.305 e. The average molecular weight is 473 g/mol.